The monoisotopic (exact) mass is 328 g/mol. The summed E-state index contributed by atoms with van der Waals surface area (Å²) in [6.07, 6.45) is 0. The van der Waals surface area contributed by atoms with Crippen LogP contribution in [0.5, 0.6) is 5.75 Å². The zero-order valence-electron chi connectivity index (χ0n) is 14.0. The highest BCUT2D eigenvalue weighted by atomic mass is 19.1. The lowest BCUT2D eigenvalue weighted by Crippen LogP contribution is -2.48. The molecule has 3 rings (SSSR count). The number of halogens is 1. The van der Waals surface area contributed by atoms with Crippen molar-refractivity contribution < 1.29 is 13.9 Å². The maximum absolute atomic E-state index is 13.8. The summed E-state index contributed by atoms with van der Waals surface area (Å²) in [5.74, 6) is -0.502. The number of benzene rings is 2. The number of methoxy groups -OCH3 is 1. The highest BCUT2D eigenvalue weighted by Crippen LogP contribution is 2.21. The molecule has 126 valence electrons. The molecule has 0 aromatic heterocycles. The summed E-state index contributed by atoms with van der Waals surface area (Å²) in [4.78, 5) is 16.6. The maximum Gasteiger partial charge on any atom is 0.254 e. The van der Waals surface area contributed by atoms with E-state index >= 15 is 0 Å². The number of anilines is 1. The van der Waals surface area contributed by atoms with Gasteiger partial charge in [0, 0.05) is 37.4 Å². The van der Waals surface area contributed by atoms with Gasteiger partial charge in [0.25, 0.3) is 5.91 Å². The second-order valence-corrected chi connectivity index (χ2v) is 5.97. The number of amides is 1. The number of aryl methyl sites for hydroxylation is 1. The minimum atomic E-state index is -0.512. The molecule has 0 unspecified atom stereocenters. The fourth-order valence-electron chi connectivity index (χ4n) is 2.97. The zero-order valence-corrected chi connectivity index (χ0v) is 14.0. The van der Waals surface area contributed by atoms with Crippen LogP contribution in [0.3, 0.4) is 0 Å². The molecule has 2 aromatic carbocycles. The summed E-state index contributed by atoms with van der Waals surface area (Å²) in [5.41, 5.74) is 2.76. The predicted octanol–water partition coefficient (Wildman–Crippen LogP) is 3.11. The molecule has 2 aromatic rings. The van der Waals surface area contributed by atoms with Crippen molar-refractivity contribution in [2.24, 2.45) is 0 Å². The molecular weight excluding hydrogens is 307 g/mol. The molecule has 0 aliphatic carbocycles. The summed E-state index contributed by atoms with van der Waals surface area (Å²) in [6, 6.07) is 12.7. The summed E-state index contributed by atoms with van der Waals surface area (Å²) >= 11 is 0. The number of nitrogens with zero attached hydrogens (tertiary/aromatic N) is 2. The molecule has 0 atom stereocenters. The Morgan fingerprint density at radius 3 is 2.46 bits per heavy atom. The molecular formula is C19H21FN2O2. The maximum atomic E-state index is 13.8. The average Bonchev–Trinajstić information content (AvgIpc) is 2.61. The van der Waals surface area contributed by atoms with E-state index in [9.17, 15) is 9.18 Å². The van der Waals surface area contributed by atoms with Crippen molar-refractivity contribution in [3.05, 3.63) is 59.4 Å². The van der Waals surface area contributed by atoms with Gasteiger partial charge in [-0.3, -0.25) is 4.79 Å². The van der Waals surface area contributed by atoms with Crippen molar-refractivity contribution in [1.29, 1.82) is 0 Å². The van der Waals surface area contributed by atoms with Crippen LogP contribution in [-0.4, -0.2) is 44.1 Å². The van der Waals surface area contributed by atoms with E-state index in [-0.39, 0.29) is 11.7 Å². The van der Waals surface area contributed by atoms with Crippen molar-refractivity contribution in [3.63, 3.8) is 0 Å². The second kappa shape index (κ2) is 6.91. The van der Waals surface area contributed by atoms with Gasteiger partial charge in [-0.1, -0.05) is 12.1 Å². The molecule has 0 saturated carbocycles. The van der Waals surface area contributed by atoms with E-state index in [0.29, 0.717) is 18.7 Å². The third-order valence-electron chi connectivity index (χ3n) is 4.33. The lowest BCUT2D eigenvalue weighted by Gasteiger charge is -2.36. The van der Waals surface area contributed by atoms with Gasteiger partial charge in [0.05, 0.1) is 7.11 Å². The van der Waals surface area contributed by atoms with Crippen LogP contribution in [0.15, 0.2) is 42.5 Å². The number of carbonyl (C=O) groups is 1. The third-order valence-corrected chi connectivity index (χ3v) is 4.33. The molecule has 0 radical (unpaired) electrons. The molecule has 1 saturated heterocycles. The summed E-state index contributed by atoms with van der Waals surface area (Å²) < 4.78 is 18.7. The first-order valence-corrected chi connectivity index (χ1v) is 8.03. The van der Waals surface area contributed by atoms with Gasteiger partial charge in [0.15, 0.2) is 11.6 Å². The van der Waals surface area contributed by atoms with Gasteiger partial charge >= 0.3 is 0 Å². The molecule has 0 spiro atoms. The van der Waals surface area contributed by atoms with Crippen LogP contribution in [0.4, 0.5) is 10.1 Å². The molecule has 1 amide bonds. The summed E-state index contributed by atoms with van der Waals surface area (Å²) in [6.45, 7) is 4.87. The van der Waals surface area contributed by atoms with Gasteiger partial charge in [0.2, 0.25) is 0 Å². The number of ether oxygens (including phenoxy) is 1. The van der Waals surface area contributed by atoms with Gasteiger partial charge in [-0.05, 0) is 42.8 Å². The lowest BCUT2D eigenvalue weighted by molar-refractivity contribution is 0.0746. The Hall–Kier alpha value is -2.56. The Bertz CT molecular complexity index is 740. The number of hydrogen-bond acceptors (Lipinski definition) is 3. The smallest absolute Gasteiger partial charge is 0.254 e. The minimum absolute atomic E-state index is 0.138. The number of piperazine rings is 1. The van der Waals surface area contributed by atoms with Crippen LogP contribution in [-0.2, 0) is 0 Å². The van der Waals surface area contributed by atoms with E-state index in [1.54, 1.807) is 11.0 Å². The highest BCUT2D eigenvalue weighted by Gasteiger charge is 2.23. The van der Waals surface area contributed by atoms with E-state index in [0.717, 1.165) is 13.1 Å². The Morgan fingerprint density at radius 1 is 1.08 bits per heavy atom. The molecule has 24 heavy (non-hydrogen) atoms. The SMILES string of the molecule is COc1ccc(C(=O)N2CCN(c3cccc(C)c3)CC2)cc1F. The summed E-state index contributed by atoms with van der Waals surface area (Å²) in [7, 11) is 1.41. The fourth-order valence-corrected chi connectivity index (χ4v) is 2.97. The molecule has 1 aliphatic heterocycles. The van der Waals surface area contributed by atoms with Crippen LogP contribution in [0.25, 0.3) is 0 Å². The first-order chi connectivity index (χ1) is 11.6. The number of rotatable bonds is 3. The minimum Gasteiger partial charge on any atom is -0.494 e. The molecule has 0 bridgehead atoms. The quantitative estimate of drug-likeness (QED) is 0.868. The first-order valence-electron chi connectivity index (χ1n) is 8.03. The van der Waals surface area contributed by atoms with Gasteiger partial charge in [0.1, 0.15) is 0 Å². The summed E-state index contributed by atoms with van der Waals surface area (Å²) in [5, 5.41) is 0. The topological polar surface area (TPSA) is 32.8 Å². The van der Waals surface area contributed by atoms with Gasteiger partial charge in [-0.25, -0.2) is 4.39 Å². The molecule has 0 N–H and O–H groups in total. The molecule has 1 heterocycles. The first kappa shape index (κ1) is 16.3. The Balaban J connectivity index is 1.66. The van der Waals surface area contributed by atoms with Crippen molar-refractivity contribution in [2.75, 3.05) is 38.2 Å². The predicted molar refractivity (Wildman–Crippen MR) is 92.2 cm³/mol. The van der Waals surface area contributed by atoms with E-state index in [4.69, 9.17) is 4.74 Å². The van der Waals surface area contributed by atoms with E-state index < -0.39 is 5.82 Å². The highest BCUT2D eigenvalue weighted by molar-refractivity contribution is 5.94. The lowest BCUT2D eigenvalue weighted by atomic mass is 10.1. The van der Waals surface area contributed by atoms with Gasteiger partial charge in [-0.15, -0.1) is 0 Å². The van der Waals surface area contributed by atoms with Gasteiger partial charge in [-0.2, -0.15) is 0 Å². The van der Waals surface area contributed by atoms with Crippen LogP contribution < -0.4 is 9.64 Å². The zero-order chi connectivity index (χ0) is 17.1. The van der Waals surface area contributed by atoms with E-state index in [1.807, 2.05) is 6.07 Å². The molecule has 5 heteroatoms. The van der Waals surface area contributed by atoms with Crippen LogP contribution in [0.2, 0.25) is 0 Å². The molecule has 1 fully saturated rings. The van der Waals surface area contributed by atoms with Crippen molar-refractivity contribution in [1.82, 2.24) is 4.90 Å². The van der Waals surface area contributed by atoms with Crippen LogP contribution in [0.1, 0.15) is 15.9 Å². The molecule has 4 nitrogen and oxygen atoms in total. The van der Waals surface area contributed by atoms with Crippen molar-refractivity contribution in [3.8, 4) is 5.75 Å². The van der Waals surface area contributed by atoms with E-state index in [1.165, 1.54) is 30.5 Å². The van der Waals surface area contributed by atoms with Crippen molar-refractivity contribution >= 4 is 11.6 Å². The second-order valence-electron chi connectivity index (χ2n) is 5.97. The van der Waals surface area contributed by atoms with Crippen LogP contribution >= 0.6 is 0 Å². The fraction of sp³-hybridized carbons (Fsp3) is 0.316. The van der Waals surface area contributed by atoms with Gasteiger partial charge < -0.3 is 14.5 Å². The number of carbonyl (C=O) groups excluding carboxylic acids is 1. The molecule has 1 aliphatic rings. The Labute approximate surface area is 141 Å². The van der Waals surface area contributed by atoms with E-state index in [2.05, 4.69) is 30.0 Å². The normalized spacial score (nSPS) is 14.6. The Morgan fingerprint density at radius 2 is 1.83 bits per heavy atom. The standard InChI is InChI=1S/C19H21FN2O2/c1-14-4-3-5-16(12-14)21-8-10-22(11-9-21)19(23)15-6-7-18(24-2)17(20)13-15/h3-7,12-13H,8-11H2,1-2H3. The van der Waals surface area contributed by atoms with Crippen LogP contribution in [0, 0.1) is 12.7 Å². The number of hydrogen-bond donors (Lipinski definition) is 0. The average molecular weight is 328 g/mol. The largest absolute Gasteiger partial charge is 0.494 e. The Kier molecular flexibility index (Phi) is 4.69. The van der Waals surface area contributed by atoms with Crippen molar-refractivity contribution in [2.45, 2.75) is 6.92 Å². The third kappa shape index (κ3) is 3.35.